The van der Waals surface area contributed by atoms with Gasteiger partial charge in [0.15, 0.2) is 23.2 Å². The van der Waals surface area contributed by atoms with Gasteiger partial charge in [-0.1, -0.05) is 0 Å². The molecular weight excluding hydrogens is 473 g/mol. The van der Waals surface area contributed by atoms with Crippen molar-refractivity contribution in [3.05, 3.63) is 12.7 Å². The van der Waals surface area contributed by atoms with Crippen LogP contribution in [0, 0.1) is 0 Å². The second-order valence-electron chi connectivity index (χ2n) is 7.74. The number of phosphoric acid groups is 1. The summed E-state index contributed by atoms with van der Waals surface area (Å²) in [7, 11) is -9.18. The van der Waals surface area contributed by atoms with Gasteiger partial charge in [-0.05, 0) is 19.3 Å². The van der Waals surface area contributed by atoms with E-state index < -0.39 is 49.4 Å². The Morgan fingerprint density at radius 3 is 2.75 bits per heavy atom. The predicted octanol–water partition coefficient (Wildman–Crippen LogP) is -0.247. The second-order valence-corrected chi connectivity index (χ2v) is 10.2. The van der Waals surface area contributed by atoms with Crippen molar-refractivity contribution in [3.63, 3.8) is 0 Å². The van der Waals surface area contributed by atoms with Crippen molar-refractivity contribution in [2.45, 2.75) is 55.9 Å². The average molecular weight is 493 g/mol. The van der Waals surface area contributed by atoms with Crippen molar-refractivity contribution in [2.24, 2.45) is 0 Å². The summed E-state index contributed by atoms with van der Waals surface area (Å²) in [5.74, 6) is 0.449. The molecule has 4 N–H and O–H groups in total. The van der Waals surface area contributed by atoms with E-state index in [1.165, 1.54) is 17.2 Å². The molecule has 0 radical (unpaired) electrons. The number of aromatic nitrogens is 4. The number of ether oxygens (including phenoxy) is 1. The van der Waals surface area contributed by atoms with Crippen LogP contribution in [0.3, 0.4) is 0 Å². The number of phosphoric ester groups is 1. The van der Waals surface area contributed by atoms with Crippen LogP contribution in [0.5, 0.6) is 0 Å². The van der Waals surface area contributed by atoms with Gasteiger partial charge in [-0.25, -0.2) is 23.7 Å². The van der Waals surface area contributed by atoms with Crippen LogP contribution in [0.2, 0.25) is 0 Å². The highest BCUT2D eigenvalue weighted by Gasteiger charge is 2.58. The maximum atomic E-state index is 12.0. The molecule has 3 aliphatic rings. The smallest absolute Gasteiger partial charge is 0.393 e. The molecule has 0 amide bonds. The molecule has 2 aromatic heterocycles. The van der Waals surface area contributed by atoms with Crippen molar-refractivity contribution in [2.75, 3.05) is 11.9 Å². The molecule has 1 unspecified atom stereocenters. The molecule has 32 heavy (non-hydrogen) atoms. The van der Waals surface area contributed by atoms with Crippen molar-refractivity contribution >= 4 is 35.2 Å². The first-order chi connectivity index (χ1) is 15.1. The van der Waals surface area contributed by atoms with E-state index >= 15 is 0 Å². The van der Waals surface area contributed by atoms with Gasteiger partial charge in [0.25, 0.3) is 0 Å². The lowest BCUT2D eigenvalue weighted by atomic mass is 10.1. The summed E-state index contributed by atoms with van der Waals surface area (Å²) in [5.41, 5.74) is 0.724. The van der Waals surface area contributed by atoms with Gasteiger partial charge >= 0.3 is 18.2 Å². The third-order valence-electron chi connectivity index (χ3n) is 5.56. The van der Waals surface area contributed by atoms with Gasteiger partial charge in [0.05, 0.1) is 19.0 Å². The molecule has 7 atom stereocenters. The van der Waals surface area contributed by atoms with E-state index in [1.54, 1.807) is 0 Å². The highest BCUT2D eigenvalue weighted by Crippen LogP contribution is 2.58. The molecule has 2 aliphatic heterocycles. The van der Waals surface area contributed by atoms with E-state index in [4.69, 9.17) is 18.3 Å². The molecule has 0 bridgehead atoms. The van der Waals surface area contributed by atoms with Gasteiger partial charge < -0.3 is 20.1 Å². The minimum Gasteiger partial charge on any atom is -0.393 e. The standard InChI is InChI=1S/C15H20N5O10PS/c21-8-2-1-7(3-8)19-13-10-14(17-5-16-13)20(6-18-10)15-12-11(29-31(22,23)30-12)9(28-15)4-27-32(24,25)26/h5-9,11-12,15,21H,1-4H2,(H,22,23)(H,16,17,19)(H,24,25,26)/t7-,8+,9-,11-,12-,15-/m1/s1. The number of anilines is 1. The fourth-order valence-electron chi connectivity index (χ4n) is 4.22. The average Bonchev–Trinajstić information content (AvgIpc) is 3.43. The van der Waals surface area contributed by atoms with Crippen LogP contribution in [0.1, 0.15) is 25.5 Å². The monoisotopic (exact) mass is 493 g/mol. The third-order valence-corrected chi connectivity index (χ3v) is 7.01. The van der Waals surface area contributed by atoms with Crippen molar-refractivity contribution in [3.8, 4) is 0 Å². The van der Waals surface area contributed by atoms with Crippen molar-refractivity contribution in [1.29, 1.82) is 0 Å². The molecule has 0 spiro atoms. The molecule has 15 nitrogen and oxygen atoms in total. The summed E-state index contributed by atoms with van der Waals surface area (Å²) in [6, 6.07) is 0.0224. The first-order valence-electron chi connectivity index (χ1n) is 9.69. The maximum absolute atomic E-state index is 12.0. The minimum atomic E-state index is -4.77. The fourth-order valence-corrected chi connectivity index (χ4v) is 5.67. The normalized spacial score (nSPS) is 37.2. The lowest BCUT2D eigenvalue weighted by Gasteiger charge is -2.19. The van der Waals surface area contributed by atoms with E-state index in [9.17, 15) is 23.0 Å². The summed E-state index contributed by atoms with van der Waals surface area (Å²) in [4.78, 5) is 22.5. The number of nitrogens with zero attached hydrogens (tertiary/aromatic N) is 4. The SMILES string of the molecule is O=P1(O)O[C@@H]2[C@H](O1)[C@@H](COS(=O)(=O)O)O[C@H]2n1cnc2c(N[C@@H]3CC[C@H](O)C3)ncnc21. The summed E-state index contributed by atoms with van der Waals surface area (Å²) in [6.07, 6.45) is -0.0978. The van der Waals surface area contributed by atoms with Gasteiger partial charge in [0, 0.05) is 6.04 Å². The van der Waals surface area contributed by atoms with Crippen LogP contribution >= 0.6 is 7.82 Å². The quantitative estimate of drug-likeness (QED) is 0.303. The summed E-state index contributed by atoms with van der Waals surface area (Å²) in [6.45, 7) is -0.668. The first kappa shape index (κ1) is 22.1. The fraction of sp³-hybridized carbons (Fsp3) is 0.667. The number of aliphatic hydroxyl groups is 1. The van der Waals surface area contributed by atoms with E-state index in [2.05, 4.69) is 24.5 Å². The van der Waals surface area contributed by atoms with Crippen molar-refractivity contribution in [1.82, 2.24) is 19.5 Å². The Bertz CT molecular complexity index is 1180. The zero-order valence-electron chi connectivity index (χ0n) is 16.3. The minimum absolute atomic E-state index is 0.0224. The number of hydrogen-bond donors (Lipinski definition) is 4. The third kappa shape index (κ3) is 4.25. The Labute approximate surface area is 181 Å². The Morgan fingerprint density at radius 1 is 1.25 bits per heavy atom. The number of hydrogen-bond acceptors (Lipinski definition) is 12. The van der Waals surface area contributed by atoms with E-state index in [0.29, 0.717) is 29.8 Å². The second kappa shape index (κ2) is 7.93. The topological polar surface area (TPSA) is 204 Å². The summed E-state index contributed by atoms with van der Waals surface area (Å²) < 4.78 is 64.5. The molecule has 2 saturated heterocycles. The Balaban J connectivity index is 1.44. The number of nitrogens with one attached hydrogen (secondary N) is 1. The van der Waals surface area contributed by atoms with Gasteiger partial charge in [-0.15, -0.1) is 0 Å². The van der Waals surface area contributed by atoms with Crippen LogP contribution in [-0.2, 0) is 32.9 Å². The number of aliphatic hydroxyl groups excluding tert-OH is 1. The maximum Gasteiger partial charge on any atom is 0.473 e. The number of rotatable bonds is 6. The number of fused-ring (bicyclic) bond motifs is 2. The number of imidazole rings is 1. The molecule has 5 rings (SSSR count). The van der Waals surface area contributed by atoms with Crippen LogP contribution in [-0.4, -0.2) is 79.6 Å². The van der Waals surface area contributed by atoms with Crippen LogP contribution < -0.4 is 5.32 Å². The van der Waals surface area contributed by atoms with Crippen LogP contribution in [0.15, 0.2) is 12.7 Å². The Morgan fingerprint density at radius 2 is 2.03 bits per heavy atom. The van der Waals surface area contributed by atoms with Gasteiger partial charge in [-0.3, -0.25) is 18.2 Å². The van der Waals surface area contributed by atoms with Gasteiger partial charge in [-0.2, -0.15) is 8.42 Å². The molecule has 4 heterocycles. The van der Waals surface area contributed by atoms with Crippen LogP contribution in [0.25, 0.3) is 11.2 Å². The zero-order valence-corrected chi connectivity index (χ0v) is 18.0. The van der Waals surface area contributed by atoms with E-state index in [1.807, 2.05) is 0 Å². The molecule has 1 saturated carbocycles. The Kier molecular flexibility index (Phi) is 5.47. The molecule has 1 aliphatic carbocycles. The van der Waals surface area contributed by atoms with Crippen molar-refractivity contribution < 1.29 is 45.5 Å². The molecule has 0 aromatic carbocycles. The highest BCUT2D eigenvalue weighted by atomic mass is 32.3. The molecule has 2 aromatic rings. The molecule has 176 valence electrons. The van der Waals surface area contributed by atoms with E-state index in [0.717, 1.165) is 6.42 Å². The van der Waals surface area contributed by atoms with E-state index in [-0.39, 0.29) is 12.1 Å². The van der Waals surface area contributed by atoms with Crippen LogP contribution in [0.4, 0.5) is 5.82 Å². The van der Waals surface area contributed by atoms with Gasteiger partial charge in [0.2, 0.25) is 0 Å². The first-order valence-corrected chi connectivity index (χ1v) is 12.5. The molecule has 17 heteroatoms. The Hall–Kier alpha value is -1.75. The largest absolute Gasteiger partial charge is 0.473 e. The predicted molar refractivity (Wildman–Crippen MR) is 104 cm³/mol. The zero-order chi connectivity index (χ0) is 22.7. The lowest BCUT2D eigenvalue weighted by Crippen LogP contribution is -2.32. The lowest BCUT2D eigenvalue weighted by molar-refractivity contribution is -0.0555. The highest BCUT2D eigenvalue weighted by molar-refractivity contribution is 7.80. The van der Waals surface area contributed by atoms with Gasteiger partial charge in [0.1, 0.15) is 24.6 Å². The summed E-state index contributed by atoms with van der Waals surface area (Å²) in [5, 5.41) is 13.0. The molecular formula is C15H20N5O10PS. The summed E-state index contributed by atoms with van der Waals surface area (Å²) >= 11 is 0. The molecule has 3 fully saturated rings.